The SMILES string of the molecule is CCN(CC)c1ccc2c(C)c(/C=C/c3ccc(C(=O)c4c(F)c(F)c(S(=O)(=O)O)c(F)c4F)cc3)c(=O)oc2c1. The third kappa shape index (κ3) is 5.52. The minimum absolute atomic E-state index is 0.280. The Labute approximate surface area is 232 Å². The van der Waals surface area contributed by atoms with Crippen LogP contribution in [0.4, 0.5) is 23.2 Å². The van der Waals surface area contributed by atoms with E-state index in [-0.39, 0.29) is 11.1 Å². The summed E-state index contributed by atoms with van der Waals surface area (Å²) in [4.78, 5) is 25.3. The van der Waals surface area contributed by atoms with Gasteiger partial charge in [-0.1, -0.05) is 30.3 Å². The van der Waals surface area contributed by atoms with E-state index in [0.29, 0.717) is 16.7 Å². The summed E-state index contributed by atoms with van der Waals surface area (Å²) in [5, 5.41) is 0.740. The highest BCUT2D eigenvalue weighted by Crippen LogP contribution is 2.30. The van der Waals surface area contributed by atoms with Crippen molar-refractivity contribution >= 4 is 44.7 Å². The van der Waals surface area contributed by atoms with Crippen LogP contribution in [0.25, 0.3) is 23.1 Å². The summed E-state index contributed by atoms with van der Waals surface area (Å²) >= 11 is 0. The summed E-state index contributed by atoms with van der Waals surface area (Å²) in [5.74, 6) is -10.9. The van der Waals surface area contributed by atoms with Gasteiger partial charge in [-0.15, -0.1) is 0 Å². The van der Waals surface area contributed by atoms with Crippen molar-refractivity contribution in [3.05, 3.63) is 104 Å². The van der Waals surface area contributed by atoms with Gasteiger partial charge in [0.1, 0.15) is 11.1 Å². The fourth-order valence-electron chi connectivity index (χ4n) is 4.44. The molecule has 0 atom stereocenters. The van der Waals surface area contributed by atoms with Crippen LogP contribution in [0.2, 0.25) is 0 Å². The van der Waals surface area contributed by atoms with Crippen LogP contribution in [0.1, 0.15) is 46.5 Å². The Balaban J connectivity index is 1.65. The van der Waals surface area contributed by atoms with E-state index in [9.17, 15) is 35.6 Å². The average Bonchev–Trinajstić information content (AvgIpc) is 2.92. The van der Waals surface area contributed by atoms with Crippen LogP contribution in [-0.4, -0.2) is 31.8 Å². The van der Waals surface area contributed by atoms with E-state index in [1.807, 2.05) is 26.0 Å². The Morgan fingerprint density at radius 3 is 2.05 bits per heavy atom. The molecular weight excluding hydrogens is 566 g/mol. The largest absolute Gasteiger partial charge is 0.422 e. The number of rotatable bonds is 8. The molecule has 12 heteroatoms. The lowest BCUT2D eigenvalue weighted by atomic mass is 10.00. The van der Waals surface area contributed by atoms with Gasteiger partial charge in [0, 0.05) is 35.8 Å². The Hall–Kier alpha value is -4.29. The zero-order valence-corrected chi connectivity index (χ0v) is 22.8. The number of aryl methyl sites for hydroxylation is 1. The summed E-state index contributed by atoms with van der Waals surface area (Å²) < 4.78 is 93.8. The number of carbonyl (C=O) groups is 1. The van der Waals surface area contributed by atoms with E-state index in [0.717, 1.165) is 36.3 Å². The molecule has 0 radical (unpaired) electrons. The molecule has 4 rings (SSSR count). The van der Waals surface area contributed by atoms with E-state index in [1.165, 1.54) is 24.3 Å². The van der Waals surface area contributed by atoms with Gasteiger partial charge in [-0.3, -0.25) is 9.35 Å². The average molecular weight is 590 g/mol. The van der Waals surface area contributed by atoms with E-state index < -0.39 is 55.3 Å². The first kappa shape index (κ1) is 29.7. The fourth-order valence-corrected chi connectivity index (χ4v) is 5.08. The maximum absolute atomic E-state index is 14.4. The number of fused-ring (bicyclic) bond motifs is 1. The van der Waals surface area contributed by atoms with Crippen molar-refractivity contribution in [1.29, 1.82) is 0 Å². The molecule has 0 saturated carbocycles. The smallest absolute Gasteiger partial charge is 0.343 e. The lowest BCUT2D eigenvalue weighted by Gasteiger charge is -2.21. The second-order valence-electron chi connectivity index (χ2n) is 9.00. The van der Waals surface area contributed by atoms with Crippen LogP contribution in [-0.2, 0) is 10.1 Å². The van der Waals surface area contributed by atoms with Gasteiger partial charge in [-0.25, -0.2) is 22.4 Å². The van der Waals surface area contributed by atoms with Crippen molar-refractivity contribution < 1.29 is 39.7 Å². The molecule has 0 aliphatic heterocycles. The van der Waals surface area contributed by atoms with Crippen LogP contribution >= 0.6 is 0 Å². The zero-order chi connectivity index (χ0) is 30.2. The fraction of sp³-hybridized carbons (Fsp3) is 0.172. The molecule has 0 bridgehead atoms. The van der Waals surface area contributed by atoms with Crippen LogP contribution in [0, 0.1) is 30.2 Å². The second-order valence-corrected chi connectivity index (χ2v) is 10.4. The summed E-state index contributed by atoms with van der Waals surface area (Å²) in [6, 6.07) is 10.6. The van der Waals surface area contributed by atoms with E-state index in [4.69, 9.17) is 8.97 Å². The predicted molar refractivity (Wildman–Crippen MR) is 146 cm³/mol. The minimum Gasteiger partial charge on any atom is -0.422 e. The van der Waals surface area contributed by atoms with Gasteiger partial charge in [0.25, 0.3) is 0 Å². The summed E-state index contributed by atoms with van der Waals surface area (Å²) in [5.41, 5.74) is 0.163. The highest BCUT2D eigenvalue weighted by Gasteiger charge is 2.34. The van der Waals surface area contributed by atoms with Gasteiger partial charge in [-0.2, -0.15) is 8.42 Å². The molecular formula is C29H23F4NO6S. The third-order valence-electron chi connectivity index (χ3n) is 6.65. The molecule has 1 N–H and O–H groups in total. The standard InChI is InChI=1S/C29H23F4NO6S/c1-4-34(5-2)18-11-13-19-15(3)20(29(36)40-21(19)14-18)12-8-16-6-9-17(10-7-16)27(35)22-23(30)25(32)28(41(37,38)39)26(33)24(22)31/h6-14H,4-5H2,1-3H3,(H,37,38,39)/b12-8+. The molecule has 214 valence electrons. The van der Waals surface area contributed by atoms with Crippen molar-refractivity contribution in [2.24, 2.45) is 0 Å². The Bertz CT molecular complexity index is 1850. The summed E-state index contributed by atoms with van der Waals surface area (Å²) in [6.45, 7) is 7.38. The Morgan fingerprint density at radius 1 is 0.927 bits per heavy atom. The summed E-state index contributed by atoms with van der Waals surface area (Å²) in [7, 11) is -5.66. The molecule has 0 amide bonds. The van der Waals surface area contributed by atoms with Crippen LogP contribution < -0.4 is 10.5 Å². The van der Waals surface area contributed by atoms with Gasteiger partial charge in [0.2, 0.25) is 0 Å². The van der Waals surface area contributed by atoms with Gasteiger partial charge in [0.05, 0.1) is 5.56 Å². The second kappa shape index (κ2) is 11.3. The molecule has 0 spiro atoms. The first-order valence-corrected chi connectivity index (χ1v) is 13.7. The maximum Gasteiger partial charge on any atom is 0.343 e. The molecule has 0 aliphatic carbocycles. The molecule has 1 aromatic heterocycles. The zero-order valence-electron chi connectivity index (χ0n) is 22.0. The van der Waals surface area contributed by atoms with Gasteiger partial charge in [0.15, 0.2) is 33.9 Å². The highest BCUT2D eigenvalue weighted by atomic mass is 32.2. The lowest BCUT2D eigenvalue weighted by molar-refractivity contribution is 0.102. The Morgan fingerprint density at radius 2 is 1.51 bits per heavy atom. The molecule has 0 saturated heterocycles. The molecule has 7 nitrogen and oxygen atoms in total. The van der Waals surface area contributed by atoms with Gasteiger partial charge < -0.3 is 9.32 Å². The van der Waals surface area contributed by atoms with Crippen molar-refractivity contribution in [2.75, 3.05) is 18.0 Å². The quantitative estimate of drug-likeness (QED) is 0.0864. The lowest BCUT2D eigenvalue weighted by Crippen LogP contribution is -2.21. The number of benzene rings is 3. The summed E-state index contributed by atoms with van der Waals surface area (Å²) in [6.07, 6.45) is 3.04. The normalized spacial score (nSPS) is 11.9. The molecule has 0 fully saturated rings. The first-order chi connectivity index (χ1) is 19.3. The van der Waals surface area contributed by atoms with Crippen molar-refractivity contribution in [2.45, 2.75) is 25.7 Å². The Kier molecular flexibility index (Phi) is 8.18. The molecule has 3 aromatic carbocycles. The molecule has 41 heavy (non-hydrogen) atoms. The third-order valence-corrected chi connectivity index (χ3v) is 7.52. The number of hydrogen-bond donors (Lipinski definition) is 1. The molecule has 1 heterocycles. The maximum atomic E-state index is 14.4. The van der Waals surface area contributed by atoms with Gasteiger partial charge >= 0.3 is 15.7 Å². The van der Waals surface area contributed by atoms with Crippen molar-refractivity contribution in [3.8, 4) is 0 Å². The van der Waals surface area contributed by atoms with Crippen LogP contribution in [0.15, 0.2) is 56.6 Å². The van der Waals surface area contributed by atoms with E-state index in [1.54, 1.807) is 13.0 Å². The minimum atomic E-state index is -5.66. The molecule has 0 aliphatic rings. The van der Waals surface area contributed by atoms with E-state index in [2.05, 4.69) is 4.90 Å². The number of nitrogens with zero attached hydrogens (tertiary/aromatic N) is 1. The van der Waals surface area contributed by atoms with Gasteiger partial charge in [-0.05, 0) is 50.1 Å². The first-order valence-electron chi connectivity index (χ1n) is 12.3. The topological polar surface area (TPSA) is 105 Å². The van der Waals surface area contributed by atoms with Crippen LogP contribution in [0.3, 0.4) is 0 Å². The van der Waals surface area contributed by atoms with Crippen molar-refractivity contribution in [3.63, 3.8) is 0 Å². The highest BCUT2D eigenvalue weighted by molar-refractivity contribution is 7.85. The number of ketones is 1. The predicted octanol–water partition coefficient (Wildman–Crippen LogP) is 6.15. The molecule has 4 aromatic rings. The number of anilines is 1. The number of carbonyl (C=O) groups excluding carboxylic acids is 1. The monoisotopic (exact) mass is 589 g/mol. The number of halogens is 4. The number of hydrogen-bond acceptors (Lipinski definition) is 6. The van der Waals surface area contributed by atoms with E-state index >= 15 is 0 Å². The van der Waals surface area contributed by atoms with Crippen molar-refractivity contribution in [1.82, 2.24) is 0 Å². The molecule has 0 unspecified atom stereocenters. The van der Waals surface area contributed by atoms with Crippen LogP contribution in [0.5, 0.6) is 0 Å².